The number of rotatable bonds is 6. The Morgan fingerprint density at radius 1 is 1.27 bits per heavy atom. The lowest BCUT2D eigenvalue weighted by atomic mass is 10.1. The van der Waals surface area contributed by atoms with Crippen LogP contribution in [0.5, 0.6) is 0 Å². The Morgan fingerprint density at radius 3 is 2.83 bits per heavy atom. The highest BCUT2D eigenvalue weighted by Gasteiger charge is 2.35. The second kappa shape index (κ2) is 7.78. The van der Waals surface area contributed by atoms with Crippen molar-refractivity contribution >= 4 is 43.2 Å². The van der Waals surface area contributed by atoms with Gasteiger partial charge in [0.25, 0.3) is 10.0 Å². The fraction of sp³-hybridized carbons (Fsp3) is 0.200. The second-order valence-corrected chi connectivity index (χ2v) is 10.1. The lowest BCUT2D eigenvalue weighted by Crippen LogP contribution is -2.41. The average Bonchev–Trinajstić information content (AvgIpc) is 3.27. The molecular formula is C20H19FN4O3S2. The number of amides is 1. The highest BCUT2D eigenvalue weighted by Crippen LogP contribution is 2.30. The van der Waals surface area contributed by atoms with Crippen molar-refractivity contribution < 1.29 is 17.6 Å². The summed E-state index contributed by atoms with van der Waals surface area (Å²) in [6.45, 7) is 0.717. The first-order valence-corrected chi connectivity index (χ1v) is 11.5. The van der Waals surface area contributed by atoms with Gasteiger partial charge in [-0.15, -0.1) is 11.3 Å². The number of thiophene rings is 1. The molecule has 0 aliphatic carbocycles. The lowest BCUT2D eigenvalue weighted by Gasteiger charge is -2.17. The number of benzene rings is 2. The van der Waals surface area contributed by atoms with Crippen LogP contribution in [0, 0.1) is 11.2 Å². The van der Waals surface area contributed by atoms with Gasteiger partial charge in [0.2, 0.25) is 5.91 Å². The molecule has 7 nitrogen and oxygen atoms in total. The molecule has 4 rings (SSSR count). The minimum atomic E-state index is -3.91. The van der Waals surface area contributed by atoms with Crippen molar-refractivity contribution in [1.29, 1.82) is 5.41 Å². The third-order valence-electron chi connectivity index (χ3n) is 4.93. The zero-order valence-electron chi connectivity index (χ0n) is 15.8. The predicted octanol–water partition coefficient (Wildman–Crippen LogP) is 2.40. The number of sulfonamides is 1. The van der Waals surface area contributed by atoms with Gasteiger partial charge in [0, 0.05) is 23.4 Å². The first kappa shape index (κ1) is 20.5. The molecule has 0 bridgehead atoms. The molecule has 1 fully saturated rings. The van der Waals surface area contributed by atoms with Gasteiger partial charge in [0.05, 0.1) is 0 Å². The Morgan fingerprint density at radius 2 is 2.07 bits per heavy atom. The number of nitrogen functional groups attached to an aromatic ring is 1. The molecule has 0 spiro atoms. The topological polar surface area (TPSA) is 116 Å². The van der Waals surface area contributed by atoms with E-state index in [1.807, 2.05) is 6.07 Å². The first-order valence-electron chi connectivity index (χ1n) is 9.16. The van der Waals surface area contributed by atoms with E-state index in [9.17, 15) is 17.6 Å². The number of halogens is 1. The summed E-state index contributed by atoms with van der Waals surface area (Å²) in [7, 11) is -3.91. The Bertz CT molecular complexity index is 1260. The van der Waals surface area contributed by atoms with E-state index < -0.39 is 21.9 Å². The summed E-state index contributed by atoms with van der Waals surface area (Å²) >= 11 is 0.963. The number of nitrogens with zero attached hydrogens (tertiary/aromatic N) is 1. The molecule has 1 amide bonds. The number of nitrogens with one attached hydrogen (secondary N) is 2. The number of hydrogen-bond acceptors (Lipinski definition) is 5. The maximum absolute atomic E-state index is 13.4. The molecule has 1 aliphatic heterocycles. The molecule has 1 aromatic heterocycles. The third-order valence-corrected chi connectivity index (χ3v) is 7.97. The summed E-state index contributed by atoms with van der Waals surface area (Å²) < 4.78 is 42.0. The SMILES string of the molecule is N=C(N)c1cccc(CN2CCC(NS(=O)(=O)c3cc4ccc(F)cc4s3)C2=O)c1. The number of fused-ring (bicyclic) bond motifs is 1. The Hall–Kier alpha value is -2.82. The van der Waals surface area contributed by atoms with Crippen molar-refractivity contribution in [3.63, 3.8) is 0 Å². The van der Waals surface area contributed by atoms with E-state index in [1.165, 1.54) is 24.3 Å². The molecule has 1 aliphatic rings. The molecular weight excluding hydrogens is 427 g/mol. The van der Waals surface area contributed by atoms with Crippen LogP contribution in [0.1, 0.15) is 17.5 Å². The van der Waals surface area contributed by atoms with Gasteiger partial charge in [0.15, 0.2) is 0 Å². The van der Waals surface area contributed by atoms with E-state index in [0.29, 0.717) is 35.2 Å². The van der Waals surface area contributed by atoms with E-state index in [0.717, 1.165) is 16.9 Å². The van der Waals surface area contributed by atoms with Gasteiger partial charge < -0.3 is 10.6 Å². The van der Waals surface area contributed by atoms with E-state index >= 15 is 0 Å². The quantitative estimate of drug-likeness (QED) is 0.398. The van der Waals surface area contributed by atoms with E-state index in [1.54, 1.807) is 23.1 Å². The largest absolute Gasteiger partial charge is 0.384 e. The molecule has 1 saturated heterocycles. The van der Waals surface area contributed by atoms with E-state index in [-0.39, 0.29) is 16.0 Å². The van der Waals surface area contributed by atoms with Crippen LogP contribution in [-0.2, 0) is 21.4 Å². The summed E-state index contributed by atoms with van der Waals surface area (Å²) in [6.07, 6.45) is 0.351. The summed E-state index contributed by atoms with van der Waals surface area (Å²) in [5.74, 6) is -0.797. The van der Waals surface area contributed by atoms with Crippen molar-refractivity contribution in [2.45, 2.75) is 23.2 Å². The maximum Gasteiger partial charge on any atom is 0.250 e. The fourth-order valence-electron chi connectivity index (χ4n) is 3.42. The fourth-order valence-corrected chi connectivity index (χ4v) is 6.08. The minimum Gasteiger partial charge on any atom is -0.384 e. The molecule has 2 heterocycles. The highest BCUT2D eigenvalue weighted by atomic mass is 32.2. The van der Waals surface area contributed by atoms with Crippen molar-refractivity contribution in [3.05, 3.63) is 65.5 Å². The van der Waals surface area contributed by atoms with Crippen molar-refractivity contribution in [1.82, 2.24) is 9.62 Å². The summed E-state index contributed by atoms with van der Waals surface area (Å²) in [5, 5.41) is 8.15. The molecule has 0 radical (unpaired) electrons. The summed E-state index contributed by atoms with van der Waals surface area (Å²) in [5.41, 5.74) is 6.89. The van der Waals surface area contributed by atoms with Crippen molar-refractivity contribution in [2.75, 3.05) is 6.54 Å². The zero-order valence-corrected chi connectivity index (χ0v) is 17.4. The van der Waals surface area contributed by atoms with Gasteiger partial charge in [-0.3, -0.25) is 10.2 Å². The lowest BCUT2D eigenvalue weighted by molar-refractivity contribution is -0.129. The number of carbonyl (C=O) groups excluding carboxylic acids is 1. The van der Waals surface area contributed by atoms with E-state index in [4.69, 9.17) is 11.1 Å². The molecule has 1 unspecified atom stereocenters. The van der Waals surface area contributed by atoms with Gasteiger partial charge in [-0.1, -0.05) is 24.3 Å². The molecule has 3 aromatic rings. The Labute approximate surface area is 176 Å². The maximum atomic E-state index is 13.4. The number of carbonyl (C=O) groups is 1. The smallest absolute Gasteiger partial charge is 0.250 e. The number of amidine groups is 1. The number of likely N-dealkylation sites (tertiary alicyclic amines) is 1. The molecule has 156 valence electrons. The molecule has 4 N–H and O–H groups in total. The minimum absolute atomic E-state index is 0.0449. The predicted molar refractivity (Wildman–Crippen MR) is 113 cm³/mol. The molecule has 1 atom stereocenters. The zero-order chi connectivity index (χ0) is 21.5. The van der Waals surface area contributed by atoms with Crippen LogP contribution in [0.15, 0.2) is 52.7 Å². The third kappa shape index (κ3) is 4.07. The normalized spacial score (nSPS) is 17.0. The van der Waals surface area contributed by atoms with Gasteiger partial charge in [-0.2, -0.15) is 4.72 Å². The van der Waals surface area contributed by atoms with Crippen LogP contribution < -0.4 is 10.5 Å². The second-order valence-electron chi connectivity index (χ2n) is 7.08. The standard InChI is InChI=1S/C20H19FN4O3S2/c21-15-5-4-13-9-18(29-17(13)10-15)30(27,28)24-16-6-7-25(20(16)26)11-12-2-1-3-14(8-12)19(22)23/h1-5,8-10,16,24H,6-7,11H2,(H3,22,23). The van der Waals surface area contributed by atoms with Crippen LogP contribution >= 0.6 is 11.3 Å². The van der Waals surface area contributed by atoms with Gasteiger partial charge >= 0.3 is 0 Å². The van der Waals surface area contributed by atoms with Gasteiger partial charge in [-0.05, 0) is 41.6 Å². The van der Waals surface area contributed by atoms with Crippen LogP contribution in [0.25, 0.3) is 10.1 Å². The van der Waals surface area contributed by atoms with Crippen molar-refractivity contribution in [2.24, 2.45) is 5.73 Å². The van der Waals surface area contributed by atoms with E-state index in [2.05, 4.69) is 4.72 Å². The van der Waals surface area contributed by atoms with Gasteiger partial charge in [-0.25, -0.2) is 12.8 Å². The average molecular weight is 447 g/mol. The van der Waals surface area contributed by atoms with Crippen LogP contribution in [0.3, 0.4) is 0 Å². The molecule has 10 heteroatoms. The monoisotopic (exact) mass is 446 g/mol. The number of hydrogen-bond donors (Lipinski definition) is 3. The molecule has 30 heavy (non-hydrogen) atoms. The summed E-state index contributed by atoms with van der Waals surface area (Å²) in [6, 6.07) is 11.8. The van der Waals surface area contributed by atoms with Gasteiger partial charge in [0.1, 0.15) is 21.9 Å². The summed E-state index contributed by atoms with van der Waals surface area (Å²) in [4.78, 5) is 14.3. The highest BCUT2D eigenvalue weighted by molar-refractivity contribution is 7.91. The first-order chi connectivity index (χ1) is 14.2. The van der Waals surface area contributed by atoms with Crippen LogP contribution in [-0.4, -0.2) is 37.6 Å². The van der Waals surface area contributed by atoms with Crippen LogP contribution in [0.4, 0.5) is 4.39 Å². The Balaban J connectivity index is 1.48. The molecule has 0 saturated carbocycles. The number of nitrogens with two attached hydrogens (primary N) is 1. The Kier molecular flexibility index (Phi) is 5.31. The van der Waals surface area contributed by atoms with Crippen molar-refractivity contribution in [3.8, 4) is 0 Å². The molecule has 2 aromatic carbocycles. The van der Waals surface area contributed by atoms with Crippen LogP contribution in [0.2, 0.25) is 0 Å².